The van der Waals surface area contributed by atoms with E-state index in [2.05, 4.69) is 10.3 Å². The number of nitrogens with zero attached hydrogens (tertiary/aromatic N) is 2. The summed E-state index contributed by atoms with van der Waals surface area (Å²) in [6.07, 6.45) is 2.71. The van der Waals surface area contributed by atoms with E-state index < -0.39 is 6.04 Å². The highest BCUT2D eigenvalue weighted by molar-refractivity contribution is 7.98. The average Bonchev–Trinajstić information content (AvgIpc) is 3.12. The van der Waals surface area contributed by atoms with Crippen molar-refractivity contribution in [2.45, 2.75) is 38.4 Å². The van der Waals surface area contributed by atoms with Gasteiger partial charge in [0, 0.05) is 10.6 Å². The van der Waals surface area contributed by atoms with Gasteiger partial charge in [-0.3, -0.25) is 14.2 Å². The lowest BCUT2D eigenvalue weighted by atomic mass is 10.2. The van der Waals surface area contributed by atoms with Crippen LogP contribution in [-0.2, 0) is 11.2 Å². The van der Waals surface area contributed by atoms with Crippen LogP contribution >= 0.6 is 23.1 Å². The van der Waals surface area contributed by atoms with Gasteiger partial charge in [0.2, 0.25) is 5.91 Å². The van der Waals surface area contributed by atoms with E-state index in [9.17, 15) is 9.59 Å². The molecule has 28 heavy (non-hydrogen) atoms. The van der Waals surface area contributed by atoms with Crippen LogP contribution in [0.4, 0.5) is 5.69 Å². The molecule has 0 spiro atoms. The summed E-state index contributed by atoms with van der Waals surface area (Å²) in [6, 6.07) is 8.35. The Morgan fingerprint density at radius 1 is 1.32 bits per heavy atom. The van der Waals surface area contributed by atoms with E-state index in [-0.39, 0.29) is 11.5 Å². The van der Waals surface area contributed by atoms with Crippen molar-refractivity contribution < 1.29 is 9.53 Å². The number of thiophene rings is 1. The molecule has 1 amide bonds. The van der Waals surface area contributed by atoms with Crippen molar-refractivity contribution in [3.63, 3.8) is 0 Å². The number of thioether (sulfide) groups is 1. The van der Waals surface area contributed by atoms with Crippen LogP contribution in [0.1, 0.15) is 31.7 Å². The molecule has 0 aliphatic heterocycles. The normalized spacial score (nSPS) is 12.1. The van der Waals surface area contributed by atoms with Crippen molar-refractivity contribution in [3.8, 4) is 5.75 Å². The maximum Gasteiger partial charge on any atom is 0.263 e. The van der Waals surface area contributed by atoms with Gasteiger partial charge in [-0.2, -0.15) is 0 Å². The van der Waals surface area contributed by atoms with Crippen molar-refractivity contribution in [1.82, 2.24) is 9.55 Å². The van der Waals surface area contributed by atoms with Gasteiger partial charge < -0.3 is 10.1 Å². The van der Waals surface area contributed by atoms with E-state index in [4.69, 9.17) is 4.74 Å². The van der Waals surface area contributed by atoms with E-state index in [1.54, 1.807) is 31.2 Å². The number of aryl methyl sites for hydroxylation is 1. The van der Waals surface area contributed by atoms with Gasteiger partial charge in [0.05, 0.1) is 12.0 Å². The zero-order valence-corrected chi connectivity index (χ0v) is 17.9. The molecule has 0 saturated heterocycles. The number of nitrogens with one attached hydrogen (secondary N) is 1. The minimum atomic E-state index is -0.691. The number of ether oxygens (including phenoxy) is 1. The number of hydrogen-bond donors (Lipinski definition) is 1. The summed E-state index contributed by atoms with van der Waals surface area (Å²) in [5.74, 6) is 0.474. The third-order valence-corrected chi connectivity index (χ3v) is 6.17. The van der Waals surface area contributed by atoms with Crippen molar-refractivity contribution in [1.29, 1.82) is 0 Å². The number of aromatic nitrogens is 2. The molecule has 0 saturated carbocycles. The Kier molecular flexibility index (Phi) is 6.41. The van der Waals surface area contributed by atoms with Gasteiger partial charge in [0.25, 0.3) is 5.56 Å². The molecule has 8 heteroatoms. The highest BCUT2D eigenvalue weighted by Gasteiger charge is 2.22. The number of anilines is 1. The predicted molar refractivity (Wildman–Crippen MR) is 116 cm³/mol. The molecule has 0 radical (unpaired) electrons. The second-order valence-electron chi connectivity index (χ2n) is 6.18. The fourth-order valence-electron chi connectivity index (χ4n) is 2.85. The van der Waals surface area contributed by atoms with Gasteiger partial charge in [-0.15, -0.1) is 11.3 Å². The number of hydrogen-bond acceptors (Lipinski definition) is 6. The molecule has 148 valence electrons. The van der Waals surface area contributed by atoms with E-state index >= 15 is 0 Å². The first-order chi connectivity index (χ1) is 13.5. The van der Waals surface area contributed by atoms with Crippen LogP contribution in [0.3, 0.4) is 0 Å². The second-order valence-corrected chi connectivity index (χ2v) is 8.07. The highest BCUT2D eigenvalue weighted by atomic mass is 32.2. The number of rotatable bonds is 7. The first kappa shape index (κ1) is 20.4. The fourth-order valence-corrected chi connectivity index (χ4v) is 4.49. The molecular formula is C20H23N3O3S2. The van der Waals surface area contributed by atoms with Crippen molar-refractivity contribution >= 4 is 44.9 Å². The molecule has 0 aliphatic carbocycles. The summed E-state index contributed by atoms with van der Waals surface area (Å²) in [4.78, 5) is 32.3. The van der Waals surface area contributed by atoms with Crippen LogP contribution in [0.5, 0.6) is 5.75 Å². The molecule has 3 aromatic rings. The number of fused-ring (bicyclic) bond motifs is 1. The fraction of sp³-hybridized carbons (Fsp3) is 0.350. The topological polar surface area (TPSA) is 73.2 Å². The summed E-state index contributed by atoms with van der Waals surface area (Å²) in [5.41, 5.74) is 0.469. The van der Waals surface area contributed by atoms with E-state index in [1.807, 2.05) is 26.2 Å². The molecule has 0 aliphatic rings. The molecule has 6 nitrogen and oxygen atoms in total. The SMILES string of the molecule is CCOc1ccc(NC(=O)C(C)n2c(SC)nc3sc(CC)cc3c2=O)cc1. The minimum Gasteiger partial charge on any atom is -0.494 e. The largest absolute Gasteiger partial charge is 0.494 e. The lowest BCUT2D eigenvalue weighted by molar-refractivity contribution is -0.119. The number of benzene rings is 1. The van der Waals surface area contributed by atoms with Gasteiger partial charge in [-0.05, 0) is 56.9 Å². The maximum absolute atomic E-state index is 13.1. The standard InChI is InChI=1S/C20H23N3O3S2/c1-5-15-11-16-18(28-15)22-20(27-4)23(19(16)25)12(3)17(24)21-13-7-9-14(10-8-13)26-6-2/h7-12H,5-6H2,1-4H3,(H,21,24). The summed E-state index contributed by atoms with van der Waals surface area (Å²) >= 11 is 2.89. The Bertz CT molecular complexity index is 1040. The van der Waals surface area contributed by atoms with E-state index in [0.29, 0.717) is 22.8 Å². The monoisotopic (exact) mass is 417 g/mol. The van der Waals surface area contributed by atoms with Crippen LogP contribution in [0.25, 0.3) is 10.2 Å². The molecular weight excluding hydrogens is 394 g/mol. The van der Waals surface area contributed by atoms with Crippen LogP contribution in [0, 0.1) is 0 Å². The van der Waals surface area contributed by atoms with Crippen LogP contribution in [0.2, 0.25) is 0 Å². The Morgan fingerprint density at radius 3 is 2.64 bits per heavy atom. The third kappa shape index (κ3) is 4.07. The molecule has 2 heterocycles. The molecule has 1 unspecified atom stereocenters. The smallest absolute Gasteiger partial charge is 0.263 e. The lowest BCUT2D eigenvalue weighted by Crippen LogP contribution is -2.33. The zero-order valence-electron chi connectivity index (χ0n) is 16.3. The molecule has 0 bridgehead atoms. The van der Waals surface area contributed by atoms with E-state index in [0.717, 1.165) is 21.9 Å². The number of carbonyl (C=O) groups excluding carboxylic acids is 1. The van der Waals surface area contributed by atoms with Crippen molar-refractivity contribution in [2.75, 3.05) is 18.2 Å². The van der Waals surface area contributed by atoms with Crippen molar-refractivity contribution in [2.24, 2.45) is 0 Å². The molecule has 1 N–H and O–H groups in total. The molecule has 2 aromatic heterocycles. The first-order valence-corrected chi connectivity index (χ1v) is 11.1. The summed E-state index contributed by atoms with van der Waals surface area (Å²) in [6.45, 7) is 6.26. The van der Waals surface area contributed by atoms with E-state index in [1.165, 1.54) is 27.7 Å². The van der Waals surface area contributed by atoms with Gasteiger partial charge in [-0.1, -0.05) is 18.7 Å². The minimum absolute atomic E-state index is 0.181. The number of carbonyl (C=O) groups is 1. The number of amides is 1. The van der Waals surface area contributed by atoms with Gasteiger partial charge in [0.15, 0.2) is 5.16 Å². The van der Waals surface area contributed by atoms with Crippen molar-refractivity contribution in [3.05, 3.63) is 45.6 Å². The summed E-state index contributed by atoms with van der Waals surface area (Å²) < 4.78 is 6.89. The molecule has 3 rings (SSSR count). The Morgan fingerprint density at radius 2 is 2.04 bits per heavy atom. The van der Waals surface area contributed by atoms with Gasteiger partial charge in [0.1, 0.15) is 16.6 Å². The Labute approximate surface area is 171 Å². The zero-order chi connectivity index (χ0) is 20.3. The quantitative estimate of drug-likeness (QED) is 0.457. The molecule has 1 atom stereocenters. The molecule has 1 aromatic carbocycles. The summed E-state index contributed by atoms with van der Waals surface area (Å²) in [7, 11) is 0. The first-order valence-electron chi connectivity index (χ1n) is 9.11. The van der Waals surface area contributed by atoms with Crippen LogP contribution < -0.4 is 15.6 Å². The Hall–Kier alpha value is -2.32. The van der Waals surface area contributed by atoms with Crippen LogP contribution in [-0.4, -0.2) is 28.3 Å². The summed E-state index contributed by atoms with van der Waals surface area (Å²) in [5, 5.41) is 3.97. The lowest BCUT2D eigenvalue weighted by Gasteiger charge is -2.18. The highest BCUT2D eigenvalue weighted by Crippen LogP contribution is 2.26. The van der Waals surface area contributed by atoms with Gasteiger partial charge in [-0.25, -0.2) is 4.98 Å². The molecule has 0 fully saturated rings. The third-order valence-electron chi connectivity index (χ3n) is 4.35. The predicted octanol–water partition coefficient (Wildman–Crippen LogP) is 4.34. The Balaban J connectivity index is 1.90. The van der Waals surface area contributed by atoms with Crippen LogP contribution in [0.15, 0.2) is 40.3 Å². The van der Waals surface area contributed by atoms with Gasteiger partial charge >= 0.3 is 0 Å². The maximum atomic E-state index is 13.1. The second kappa shape index (κ2) is 8.79. The average molecular weight is 418 g/mol.